The number of carbonyl (C=O) groups is 1. The molecule has 0 saturated heterocycles. The molecule has 0 aliphatic carbocycles. The summed E-state index contributed by atoms with van der Waals surface area (Å²) < 4.78 is 28.8. The molecule has 7 nitrogen and oxygen atoms in total. The van der Waals surface area contributed by atoms with E-state index in [1.54, 1.807) is 20.1 Å². The lowest BCUT2D eigenvalue weighted by Gasteiger charge is -2.29. The maximum Gasteiger partial charge on any atom is 0.339 e. The molecule has 5 rings (SSSR count). The topological polar surface area (TPSA) is 84.2 Å². The average molecular weight is 422 g/mol. The fourth-order valence-corrected chi connectivity index (χ4v) is 4.29. The largest absolute Gasteiger partial charge is 0.493 e. The Hall–Kier alpha value is -3.48. The summed E-state index contributed by atoms with van der Waals surface area (Å²) in [6.45, 7) is 6.26. The van der Waals surface area contributed by atoms with Crippen LogP contribution in [0.15, 0.2) is 27.4 Å². The maximum absolute atomic E-state index is 13.2. The zero-order chi connectivity index (χ0) is 21.9. The lowest BCUT2D eigenvalue weighted by atomic mass is 9.90. The van der Waals surface area contributed by atoms with Crippen LogP contribution in [0, 0.1) is 20.8 Å². The van der Waals surface area contributed by atoms with Gasteiger partial charge in [-0.2, -0.15) is 0 Å². The molecule has 31 heavy (non-hydrogen) atoms. The van der Waals surface area contributed by atoms with Gasteiger partial charge in [0.1, 0.15) is 30.7 Å². The van der Waals surface area contributed by atoms with Gasteiger partial charge in [-0.3, -0.25) is 4.79 Å². The standard InChI is InChI=1S/C24H22O7/c1-11-7-17-21(12(2)13(3)24(26)31-17)23-20(11)15(25)10-16(30-23)14-8-18(27-4)22-19(9-14)28-5-6-29-22/h7-9,16H,5-6,10H2,1-4H3/t16-/m0/s1. The summed E-state index contributed by atoms with van der Waals surface area (Å²) in [7, 11) is 1.56. The number of benzene rings is 2. The summed E-state index contributed by atoms with van der Waals surface area (Å²) in [4.78, 5) is 25.4. The van der Waals surface area contributed by atoms with E-state index in [1.165, 1.54) is 0 Å². The monoisotopic (exact) mass is 422 g/mol. The highest BCUT2D eigenvalue weighted by molar-refractivity contribution is 6.07. The molecule has 0 fully saturated rings. The minimum absolute atomic E-state index is 0.0252. The van der Waals surface area contributed by atoms with Gasteiger partial charge in [-0.05, 0) is 50.1 Å². The van der Waals surface area contributed by atoms with Gasteiger partial charge in [0.25, 0.3) is 0 Å². The van der Waals surface area contributed by atoms with E-state index in [9.17, 15) is 9.59 Å². The van der Waals surface area contributed by atoms with Crippen LogP contribution in [0.5, 0.6) is 23.0 Å². The van der Waals surface area contributed by atoms with Crippen LogP contribution < -0.4 is 24.6 Å². The van der Waals surface area contributed by atoms with E-state index in [2.05, 4.69) is 0 Å². The van der Waals surface area contributed by atoms with Crippen LogP contribution in [-0.4, -0.2) is 26.1 Å². The van der Waals surface area contributed by atoms with Crippen LogP contribution in [0.1, 0.15) is 45.1 Å². The van der Waals surface area contributed by atoms with Crippen molar-refractivity contribution in [2.45, 2.75) is 33.3 Å². The number of ketones is 1. The van der Waals surface area contributed by atoms with Crippen LogP contribution in [-0.2, 0) is 0 Å². The minimum atomic E-state index is -0.540. The summed E-state index contributed by atoms with van der Waals surface area (Å²) >= 11 is 0. The molecule has 3 aromatic rings. The van der Waals surface area contributed by atoms with Gasteiger partial charge in [0, 0.05) is 11.1 Å². The Morgan fingerprint density at radius 3 is 2.52 bits per heavy atom. The van der Waals surface area contributed by atoms with Crippen molar-refractivity contribution in [2.24, 2.45) is 0 Å². The Balaban J connectivity index is 1.69. The van der Waals surface area contributed by atoms with E-state index in [4.69, 9.17) is 23.4 Å². The number of hydrogen-bond acceptors (Lipinski definition) is 7. The molecule has 1 atom stereocenters. The predicted molar refractivity (Wildman–Crippen MR) is 113 cm³/mol. The van der Waals surface area contributed by atoms with Crippen molar-refractivity contribution in [1.82, 2.24) is 0 Å². The summed E-state index contributed by atoms with van der Waals surface area (Å²) in [6, 6.07) is 5.37. The van der Waals surface area contributed by atoms with Crippen molar-refractivity contribution in [1.29, 1.82) is 0 Å². The molecule has 0 saturated carbocycles. The molecule has 7 heteroatoms. The Morgan fingerprint density at radius 1 is 0.968 bits per heavy atom. The van der Waals surface area contributed by atoms with Crippen LogP contribution >= 0.6 is 0 Å². The first-order chi connectivity index (χ1) is 14.9. The molecule has 160 valence electrons. The molecule has 1 aromatic heterocycles. The average Bonchev–Trinajstić information content (AvgIpc) is 2.76. The fourth-order valence-electron chi connectivity index (χ4n) is 4.29. The van der Waals surface area contributed by atoms with Crippen LogP contribution in [0.3, 0.4) is 0 Å². The Bertz CT molecular complexity index is 1280. The molecule has 2 aliphatic heterocycles. The normalized spacial score (nSPS) is 17.3. The van der Waals surface area contributed by atoms with Crippen molar-refractivity contribution < 1.29 is 28.2 Å². The zero-order valence-electron chi connectivity index (χ0n) is 17.8. The predicted octanol–water partition coefficient (Wildman–Crippen LogP) is 4.20. The molecular weight excluding hydrogens is 400 g/mol. The second-order valence-electron chi connectivity index (χ2n) is 7.89. The van der Waals surface area contributed by atoms with Crippen LogP contribution in [0.2, 0.25) is 0 Å². The van der Waals surface area contributed by atoms with Gasteiger partial charge in [-0.15, -0.1) is 0 Å². The Morgan fingerprint density at radius 2 is 1.74 bits per heavy atom. The second kappa shape index (κ2) is 7.04. The molecule has 2 aliphatic rings. The lowest BCUT2D eigenvalue weighted by molar-refractivity contribution is 0.0850. The molecule has 0 spiro atoms. The number of ether oxygens (including phenoxy) is 4. The lowest BCUT2D eigenvalue weighted by Crippen LogP contribution is -2.23. The van der Waals surface area contributed by atoms with Crippen LogP contribution in [0.4, 0.5) is 0 Å². The molecule has 2 aromatic carbocycles. The number of methoxy groups -OCH3 is 1. The number of rotatable bonds is 2. The molecule has 0 bridgehead atoms. The summed E-state index contributed by atoms with van der Waals surface area (Å²) in [5.74, 6) is 2.07. The molecule has 3 heterocycles. The highest BCUT2D eigenvalue weighted by atomic mass is 16.6. The van der Waals surface area contributed by atoms with Gasteiger partial charge in [-0.25, -0.2) is 4.79 Å². The summed E-state index contributed by atoms with van der Waals surface area (Å²) in [5, 5.41) is 0.653. The van der Waals surface area contributed by atoms with Gasteiger partial charge in [0.15, 0.2) is 17.3 Å². The number of carbonyl (C=O) groups excluding carboxylic acids is 1. The Labute approximate surface area is 178 Å². The highest BCUT2D eigenvalue weighted by Gasteiger charge is 2.33. The first kappa shape index (κ1) is 19.5. The van der Waals surface area contributed by atoms with E-state index >= 15 is 0 Å². The van der Waals surface area contributed by atoms with E-state index in [1.807, 2.05) is 26.0 Å². The smallest absolute Gasteiger partial charge is 0.339 e. The summed E-state index contributed by atoms with van der Waals surface area (Å²) in [6.07, 6.45) is -0.363. The van der Waals surface area contributed by atoms with E-state index < -0.39 is 6.10 Å². The van der Waals surface area contributed by atoms with E-state index in [0.717, 1.165) is 16.7 Å². The molecule has 0 N–H and O–H groups in total. The number of aryl methyl sites for hydroxylation is 2. The van der Waals surface area contributed by atoms with Crippen molar-refractivity contribution in [2.75, 3.05) is 20.3 Å². The first-order valence-corrected chi connectivity index (χ1v) is 10.1. The number of Topliss-reactive ketones (excluding diaryl/α,β-unsaturated/α-hetero) is 1. The quantitative estimate of drug-likeness (QED) is 0.572. The first-order valence-electron chi connectivity index (χ1n) is 10.1. The van der Waals surface area contributed by atoms with Gasteiger partial charge in [-0.1, -0.05) is 0 Å². The fraction of sp³-hybridized carbons (Fsp3) is 0.333. The van der Waals surface area contributed by atoms with Crippen molar-refractivity contribution in [3.63, 3.8) is 0 Å². The maximum atomic E-state index is 13.2. The third-order valence-electron chi connectivity index (χ3n) is 6.02. The molecule has 0 amide bonds. The van der Waals surface area contributed by atoms with Gasteiger partial charge < -0.3 is 23.4 Å². The SMILES string of the molecule is COc1cc([C@@H]2CC(=O)c3c(C)cc4oc(=O)c(C)c(C)c4c3O2)cc2c1OCCO2. The molecular formula is C24H22O7. The summed E-state index contributed by atoms with van der Waals surface area (Å²) in [5.41, 5.74) is 3.27. The van der Waals surface area contributed by atoms with Crippen molar-refractivity contribution >= 4 is 16.8 Å². The highest BCUT2D eigenvalue weighted by Crippen LogP contribution is 2.46. The van der Waals surface area contributed by atoms with Gasteiger partial charge in [0.05, 0.1) is 24.5 Å². The van der Waals surface area contributed by atoms with E-state index in [-0.39, 0.29) is 17.8 Å². The van der Waals surface area contributed by atoms with Crippen LogP contribution in [0.25, 0.3) is 11.0 Å². The van der Waals surface area contributed by atoms with Crippen molar-refractivity contribution in [3.05, 3.63) is 56.4 Å². The second-order valence-corrected chi connectivity index (χ2v) is 7.89. The minimum Gasteiger partial charge on any atom is -0.493 e. The molecule has 0 radical (unpaired) electrons. The molecule has 0 unspecified atom stereocenters. The zero-order valence-corrected chi connectivity index (χ0v) is 17.8. The van der Waals surface area contributed by atoms with Gasteiger partial charge >= 0.3 is 5.63 Å². The van der Waals surface area contributed by atoms with Gasteiger partial charge in [0.2, 0.25) is 5.75 Å². The number of hydrogen-bond donors (Lipinski definition) is 0. The van der Waals surface area contributed by atoms with Crippen molar-refractivity contribution in [3.8, 4) is 23.0 Å². The van der Waals surface area contributed by atoms with E-state index in [0.29, 0.717) is 58.3 Å². The third-order valence-corrected chi connectivity index (χ3v) is 6.02. The number of fused-ring (bicyclic) bond motifs is 4. The Kier molecular flexibility index (Phi) is 4.43. The third kappa shape index (κ3) is 2.95.